The van der Waals surface area contributed by atoms with Crippen molar-refractivity contribution < 1.29 is 14.2 Å². The summed E-state index contributed by atoms with van der Waals surface area (Å²) in [5.41, 5.74) is 3.03. The van der Waals surface area contributed by atoms with Crippen LogP contribution in [0.15, 0.2) is 11.1 Å². The SMILES string of the molecule is CCCCCCC1=C(COC)C1COCOC. The van der Waals surface area contributed by atoms with E-state index in [1.54, 1.807) is 19.8 Å². The molecule has 0 fully saturated rings. The van der Waals surface area contributed by atoms with E-state index in [1.807, 2.05) is 0 Å². The lowest BCUT2D eigenvalue weighted by Gasteiger charge is -2.03. The van der Waals surface area contributed by atoms with E-state index in [0.29, 0.717) is 12.7 Å². The summed E-state index contributed by atoms with van der Waals surface area (Å²) in [6.45, 7) is 4.16. The maximum absolute atomic E-state index is 5.42. The molecule has 0 aromatic heterocycles. The maximum Gasteiger partial charge on any atom is 0.146 e. The fraction of sp³-hybridized carbons (Fsp3) is 0.857. The first-order chi connectivity index (χ1) is 8.35. The molecular weight excluding hydrogens is 216 g/mol. The first kappa shape index (κ1) is 14.7. The molecule has 0 amide bonds. The van der Waals surface area contributed by atoms with Crippen molar-refractivity contribution in [3.8, 4) is 0 Å². The maximum atomic E-state index is 5.42. The fourth-order valence-electron chi connectivity index (χ4n) is 2.25. The van der Waals surface area contributed by atoms with Crippen molar-refractivity contribution in [3.63, 3.8) is 0 Å². The van der Waals surface area contributed by atoms with Crippen molar-refractivity contribution in [1.29, 1.82) is 0 Å². The number of ether oxygens (including phenoxy) is 3. The Bertz CT molecular complexity index is 236. The van der Waals surface area contributed by atoms with Gasteiger partial charge in [0.2, 0.25) is 0 Å². The molecular formula is C14H26O3. The van der Waals surface area contributed by atoms with Crippen molar-refractivity contribution in [2.24, 2.45) is 5.92 Å². The van der Waals surface area contributed by atoms with Gasteiger partial charge in [-0.25, -0.2) is 0 Å². The lowest BCUT2D eigenvalue weighted by molar-refractivity contribution is -0.0339. The molecule has 17 heavy (non-hydrogen) atoms. The van der Waals surface area contributed by atoms with Gasteiger partial charge in [-0.1, -0.05) is 31.8 Å². The summed E-state index contributed by atoms with van der Waals surface area (Å²) >= 11 is 0. The van der Waals surface area contributed by atoms with Gasteiger partial charge in [0.05, 0.1) is 13.2 Å². The largest absolute Gasteiger partial charge is 0.380 e. The number of hydrogen-bond acceptors (Lipinski definition) is 3. The van der Waals surface area contributed by atoms with E-state index in [4.69, 9.17) is 14.2 Å². The molecule has 0 aromatic rings. The third kappa shape index (κ3) is 5.19. The summed E-state index contributed by atoms with van der Waals surface area (Å²) in [6.07, 6.45) is 6.50. The highest BCUT2D eigenvalue weighted by molar-refractivity contribution is 5.41. The molecule has 0 spiro atoms. The standard InChI is InChI=1S/C14H26O3/c1-4-5-6-7-8-12-13(9-15-2)14(12)10-17-11-16-3/h14H,4-11H2,1-3H3. The number of rotatable bonds is 11. The molecule has 1 unspecified atom stereocenters. The summed E-state index contributed by atoms with van der Waals surface area (Å²) in [5.74, 6) is 0.534. The van der Waals surface area contributed by atoms with Crippen LogP contribution in [0.3, 0.4) is 0 Å². The Labute approximate surface area is 105 Å². The molecule has 0 aliphatic heterocycles. The van der Waals surface area contributed by atoms with Crippen LogP contribution in [0.2, 0.25) is 0 Å². The van der Waals surface area contributed by atoms with Gasteiger partial charge in [-0.2, -0.15) is 0 Å². The molecule has 3 nitrogen and oxygen atoms in total. The Morgan fingerprint density at radius 3 is 2.47 bits per heavy atom. The monoisotopic (exact) mass is 242 g/mol. The number of hydrogen-bond donors (Lipinski definition) is 0. The normalized spacial score (nSPS) is 18.9. The molecule has 0 saturated carbocycles. The zero-order valence-electron chi connectivity index (χ0n) is 11.5. The van der Waals surface area contributed by atoms with E-state index >= 15 is 0 Å². The Morgan fingerprint density at radius 2 is 1.82 bits per heavy atom. The van der Waals surface area contributed by atoms with Crippen LogP contribution in [-0.2, 0) is 14.2 Å². The van der Waals surface area contributed by atoms with Gasteiger partial charge in [-0.05, 0) is 18.4 Å². The van der Waals surface area contributed by atoms with Crippen molar-refractivity contribution in [2.75, 3.05) is 34.2 Å². The molecule has 0 radical (unpaired) electrons. The summed E-state index contributed by atoms with van der Waals surface area (Å²) in [6, 6.07) is 0. The highest BCUT2D eigenvalue weighted by Crippen LogP contribution is 2.43. The van der Waals surface area contributed by atoms with Gasteiger partial charge in [0.1, 0.15) is 6.79 Å². The third-order valence-corrected chi connectivity index (χ3v) is 3.26. The van der Waals surface area contributed by atoms with Crippen LogP contribution in [0.5, 0.6) is 0 Å². The topological polar surface area (TPSA) is 27.7 Å². The second-order valence-corrected chi connectivity index (χ2v) is 4.62. The zero-order valence-corrected chi connectivity index (χ0v) is 11.5. The predicted octanol–water partition coefficient (Wildman–Crippen LogP) is 3.15. The van der Waals surface area contributed by atoms with Crippen LogP contribution in [0.4, 0.5) is 0 Å². The van der Waals surface area contributed by atoms with Crippen molar-refractivity contribution in [3.05, 3.63) is 11.1 Å². The van der Waals surface area contributed by atoms with Crippen LogP contribution < -0.4 is 0 Å². The van der Waals surface area contributed by atoms with E-state index in [9.17, 15) is 0 Å². The minimum atomic E-state index is 0.389. The van der Waals surface area contributed by atoms with Crippen molar-refractivity contribution >= 4 is 0 Å². The smallest absolute Gasteiger partial charge is 0.146 e. The van der Waals surface area contributed by atoms with E-state index < -0.39 is 0 Å². The minimum Gasteiger partial charge on any atom is -0.380 e. The first-order valence-corrected chi connectivity index (χ1v) is 6.62. The summed E-state index contributed by atoms with van der Waals surface area (Å²) in [4.78, 5) is 0. The van der Waals surface area contributed by atoms with Gasteiger partial charge in [0.25, 0.3) is 0 Å². The molecule has 0 saturated heterocycles. The average molecular weight is 242 g/mol. The second kappa shape index (κ2) is 8.67. The molecule has 1 atom stereocenters. The Kier molecular flexibility index (Phi) is 7.49. The van der Waals surface area contributed by atoms with Crippen LogP contribution in [-0.4, -0.2) is 34.2 Å². The van der Waals surface area contributed by atoms with E-state index in [1.165, 1.54) is 37.7 Å². The van der Waals surface area contributed by atoms with Crippen LogP contribution >= 0.6 is 0 Å². The molecule has 1 aliphatic carbocycles. The van der Waals surface area contributed by atoms with Gasteiger partial charge in [0, 0.05) is 20.1 Å². The molecule has 3 heteroatoms. The molecule has 1 rings (SSSR count). The van der Waals surface area contributed by atoms with Gasteiger partial charge in [0.15, 0.2) is 0 Å². The molecule has 0 N–H and O–H groups in total. The van der Waals surface area contributed by atoms with E-state index in [0.717, 1.165) is 13.2 Å². The third-order valence-electron chi connectivity index (χ3n) is 3.26. The summed E-state index contributed by atoms with van der Waals surface area (Å²) in [7, 11) is 3.41. The minimum absolute atomic E-state index is 0.389. The predicted molar refractivity (Wildman–Crippen MR) is 69.0 cm³/mol. The zero-order chi connectivity index (χ0) is 12.5. The van der Waals surface area contributed by atoms with Gasteiger partial charge in [-0.3, -0.25) is 0 Å². The Balaban J connectivity index is 2.18. The second-order valence-electron chi connectivity index (χ2n) is 4.62. The fourth-order valence-corrected chi connectivity index (χ4v) is 2.25. The molecule has 0 heterocycles. The Morgan fingerprint density at radius 1 is 1.00 bits per heavy atom. The highest BCUT2D eigenvalue weighted by Gasteiger charge is 2.35. The van der Waals surface area contributed by atoms with Crippen LogP contribution in [0.1, 0.15) is 39.0 Å². The van der Waals surface area contributed by atoms with Gasteiger partial charge >= 0.3 is 0 Å². The molecule has 0 aromatic carbocycles. The quantitative estimate of drug-likeness (QED) is 0.316. The van der Waals surface area contributed by atoms with Gasteiger partial charge in [-0.15, -0.1) is 0 Å². The van der Waals surface area contributed by atoms with Crippen molar-refractivity contribution in [1.82, 2.24) is 0 Å². The molecule has 1 aliphatic rings. The lowest BCUT2D eigenvalue weighted by Crippen LogP contribution is -2.04. The van der Waals surface area contributed by atoms with Crippen LogP contribution in [0, 0.1) is 5.92 Å². The number of unbranched alkanes of at least 4 members (excludes halogenated alkanes) is 3. The average Bonchev–Trinajstić information content (AvgIpc) is 2.98. The summed E-state index contributed by atoms with van der Waals surface area (Å²) < 4.78 is 15.5. The molecule has 100 valence electrons. The van der Waals surface area contributed by atoms with Gasteiger partial charge < -0.3 is 14.2 Å². The number of methoxy groups -OCH3 is 2. The van der Waals surface area contributed by atoms with E-state index in [2.05, 4.69) is 6.92 Å². The first-order valence-electron chi connectivity index (χ1n) is 6.62. The van der Waals surface area contributed by atoms with Crippen molar-refractivity contribution in [2.45, 2.75) is 39.0 Å². The van der Waals surface area contributed by atoms with Crippen LogP contribution in [0.25, 0.3) is 0 Å². The highest BCUT2D eigenvalue weighted by atomic mass is 16.7. The molecule has 0 bridgehead atoms. The Hall–Kier alpha value is -0.380. The van der Waals surface area contributed by atoms with E-state index in [-0.39, 0.29) is 0 Å². The lowest BCUT2D eigenvalue weighted by atomic mass is 10.1. The summed E-state index contributed by atoms with van der Waals surface area (Å²) in [5, 5.41) is 0.